The van der Waals surface area contributed by atoms with Gasteiger partial charge in [-0.15, -0.1) is 0 Å². The summed E-state index contributed by atoms with van der Waals surface area (Å²) in [5.41, 5.74) is 7.33. The van der Waals surface area contributed by atoms with Gasteiger partial charge >= 0.3 is 0 Å². The lowest BCUT2D eigenvalue weighted by Crippen LogP contribution is -2.42. The van der Waals surface area contributed by atoms with E-state index in [2.05, 4.69) is 0 Å². The quantitative estimate of drug-likeness (QED) is 0.687. The van der Waals surface area contributed by atoms with Crippen molar-refractivity contribution in [2.45, 2.75) is 18.6 Å². The number of morpholine rings is 1. The van der Waals surface area contributed by atoms with Crippen LogP contribution in [0.25, 0.3) is 0 Å². The Hall–Kier alpha value is -1.55. The molecule has 0 aromatic heterocycles. The second kappa shape index (κ2) is 2.97. The minimum atomic E-state index is -0.241. The lowest BCUT2D eigenvalue weighted by atomic mass is 10.2. The summed E-state index contributed by atoms with van der Waals surface area (Å²) >= 11 is 0. The van der Waals surface area contributed by atoms with Gasteiger partial charge in [0, 0.05) is 6.42 Å². The summed E-state index contributed by atoms with van der Waals surface area (Å²) in [7, 11) is 0. The summed E-state index contributed by atoms with van der Waals surface area (Å²) < 4.78 is 5.32. The third-order valence-corrected chi connectivity index (χ3v) is 3.05. The van der Waals surface area contributed by atoms with Gasteiger partial charge in [0.05, 0.1) is 24.0 Å². The first-order valence-electron chi connectivity index (χ1n) is 5.06. The molecule has 2 saturated heterocycles. The third-order valence-electron chi connectivity index (χ3n) is 3.05. The van der Waals surface area contributed by atoms with Crippen LogP contribution < -0.4 is 10.6 Å². The maximum Gasteiger partial charge on any atom is 0.256 e. The van der Waals surface area contributed by atoms with Gasteiger partial charge in [-0.05, 0) is 12.1 Å². The smallest absolute Gasteiger partial charge is 0.256 e. The fourth-order valence-electron chi connectivity index (χ4n) is 2.32. The van der Waals surface area contributed by atoms with Crippen molar-refractivity contribution >= 4 is 17.3 Å². The molecule has 2 aliphatic heterocycles. The van der Waals surface area contributed by atoms with Gasteiger partial charge in [0.15, 0.2) is 0 Å². The zero-order chi connectivity index (χ0) is 10.4. The van der Waals surface area contributed by atoms with E-state index < -0.39 is 0 Å². The Labute approximate surface area is 87.6 Å². The number of fused-ring (bicyclic) bond motifs is 2. The molecule has 2 N–H and O–H groups in total. The topological polar surface area (TPSA) is 55.6 Å². The molecular weight excluding hydrogens is 192 g/mol. The first-order valence-corrected chi connectivity index (χ1v) is 5.06. The van der Waals surface area contributed by atoms with Crippen molar-refractivity contribution in [1.29, 1.82) is 0 Å². The Bertz CT molecular complexity index is 419. The normalized spacial score (nSPS) is 28.8. The number of carbonyl (C=O) groups excluding carboxylic acids is 1. The molecule has 2 atom stereocenters. The highest BCUT2D eigenvalue weighted by Gasteiger charge is 2.47. The number of benzene rings is 1. The van der Waals surface area contributed by atoms with Gasteiger partial charge in [-0.25, -0.2) is 0 Å². The van der Waals surface area contributed by atoms with Crippen LogP contribution in [-0.4, -0.2) is 24.7 Å². The molecule has 0 saturated carbocycles. The number of para-hydroxylation sites is 2. The first-order chi connectivity index (χ1) is 7.27. The number of hydrogen-bond donors (Lipinski definition) is 1. The Balaban J connectivity index is 2.02. The predicted octanol–water partition coefficient (Wildman–Crippen LogP) is 0.773. The van der Waals surface area contributed by atoms with E-state index in [1.807, 2.05) is 24.3 Å². The van der Waals surface area contributed by atoms with Gasteiger partial charge < -0.3 is 15.4 Å². The SMILES string of the molecule is Nc1ccccc1N1C(=O)C2CC1CO2. The van der Waals surface area contributed by atoms with E-state index in [9.17, 15) is 4.79 Å². The van der Waals surface area contributed by atoms with Crippen molar-refractivity contribution in [2.75, 3.05) is 17.2 Å². The van der Waals surface area contributed by atoms with E-state index >= 15 is 0 Å². The first kappa shape index (κ1) is 8.73. The largest absolute Gasteiger partial charge is 0.397 e. The number of carbonyl (C=O) groups is 1. The van der Waals surface area contributed by atoms with Crippen LogP contribution in [0.15, 0.2) is 24.3 Å². The van der Waals surface area contributed by atoms with Crippen LogP contribution in [0.1, 0.15) is 6.42 Å². The molecule has 78 valence electrons. The molecule has 4 heteroatoms. The molecule has 1 amide bonds. The highest BCUT2D eigenvalue weighted by molar-refractivity contribution is 6.02. The average Bonchev–Trinajstić information content (AvgIpc) is 2.80. The molecule has 15 heavy (non-hydrogen) atoms. The highest BCUT2D eigenvalue weighted by atomic mass is 16.5. The van der Waals surface area contributed by atoms with Gasteiger partial charge in [0.1, 0.15) is 6.10 Å². The predicted molar refractivity (Wildman–Crippen MR) is 56.5 cm³/mol. The van der Waals surface area contributed by atoms with Crippen LogP contribution in [0.3, 0.4) is 0 Å². The van der Waals surface area contributed by atoms with Crippen LogP contribution in [0.4, 0.5) is 11.4 Å². The summed E-state index contributed by atoms with van der Waals surface area (Å²) in [4.78, 5) is 13.6. The summed E-state index contributed by atoms with van der Waals surface area (Å²) in [6.07, 6.45) is 0.558. The fraction of sp³-hybridized carbons (Fsp3) is 0.364. The Morgan fingerprint density at radius 3 is 2.87 bits per heavy atom. The van der Waals surface area contributed by atoms with E-state index in [0.717, 1.165) is 12.1 Å². The number of nitrogen functional groups attached to an aromatic ring is 1. The Morgan fingerprint density at radius 2 is 2.20 bits per heavy atom. The molecule has 2 heterocycles. The zero-order valence-corrected chi connectivity index (χ0v) is 8.22. The van der Waals surface area contributed by atoms with Crippen molar-refractivity contribution in [3.8, 4) is 0 Å². The van der Waals surface area contributed by atoms with Crippen LogP contribution in [0.2, 0.25) is 0 Å². The molecule has 1 aromatic rings. The second-order valence-electron chi connectivity index (χ2n) is 3.98. The van der Waals surface area contributed by atoms with Crippen LogP contribution >= 0.6 is 0 Å². The van der Waals surface area contributed by atoms with E-state index in [1.54, 1.807) is 4.90 Å². The fourth-order valence-corrected chi connectivity index (χ4v) is 2.32. The van der Waals surface area contributed by atoms with Gasteiger partial charge in [-0.2, -0.15) is 0 Å². The maximum atomic E-state index is 11.9. The molecule has 2 bridgehead atoms. The molecule has 1 aromatic carbocycles. The summed E-state index contributed by atoms with van der Waals surface area (Å²) in [6.45, 7) is 0.630. The van der Waals surface area contributed by atoms with Gasteiger partial charge in [0.2, 0.25) is 0 Å². The van der Waals surface area contributed by atoms with E-state index in [-0.39, 0.29) is 18.1 Å². The number of hydrogen-bond acceptors (Lipinski definition) is 3. The van der Waals surface area contributed by atoms with Crippen LogP contribution in [-0.2, 0) is 9.53 Å². The molecule has 0 aliphatic carbocycles. The van der Waals surface area contributed by atoms with Gasteiger partial charge in [0.25, 0.3) is 5.91 Å². The minimum Gasteiger partial charge on any atom is -0.397 e. The maximum absolute atomic E-state index is 11.9. The number of nitrogens with zero attached hydrogens (tertiary/aromatic N) is 1. The molecule has 0 radical (unpaired) electrons. The van der Waals surface area contributed by atoms with Crippen molar-refractivity contribution in [3.63, 3.8) is 0 Å². The van der Waals surface area contributed by atoms with E-state index in [4.69, 9.17) is 10.5 Å². The van der Waals surface area contributed by atoms with Gasteiger partial charge in [-0.3, -0.25) is 4.79 Å². The number of amides is 1. The van der Waals surface area contributed by atoms with Crippen molar-refractivity contribution in [2.24, 2.45) is 0 Å². The molecule has 3 rings (SSSR count). The monoisotopic (exact) mass is 204 g/mol. The second-order valence-corrected chi connectivity index (χ2v) is 3.98. The summed E-state index contributed by atoms with van der Waals surface area (Å²) in [5, 5.41) is 0. The van der Waals surface area contributed by atoms with Gasteiger partial charge in [-0.1, -0.05) is 12.1 Å². The summed E-state index contributed by atoms with van der Waals surface area (Å²) in [6, 6.07) is 7.63. The van der Waals surface area contributed by atoms with Crippen molar-refractivity contribution < 1.29 is 9.53 Å². The number of anilines is 2. The molecule has 0 spiro atoms. The third kappa shape index (κ3) is 1.15. The van der Waals surface area contributed by atoms with Crippen LogP contribution in [0, 0.1) is 0 Å². The lowest BCUT2D eigenvalue weighted by molar-refractivity contribution is -0.128. The zero-order valence-electron chi connectivity index (χ0n) is 8.22. The van der Waals surface area contributed by atoms with Crippen molar-refractivity contribution in [1.82, 2.24) is 0 Å². The number of nitrogens with two attached hydrogens (primary N) is 1. The number of ether oxygens (including phenoxy) is 1. The standard InChI is InChI=1S/C11H12N2O2/c12-8-3-1-2-4-9(8)13-7-5-10(11(13)14)15-6-7/h1-4,7,10H,5-6,12H2. The van der Waals surface area contributed by atoms with E-state index in [0.29, 0.717) is 12.3 Å². The highest BCUT2D eigenvalue weighted by Crippen LogP contribution is 2.36. The average molecular weight is 204 g/mol. The Morgan fingerprint density at radius 1 is 1.40 bits per heavy atom. The lowest BCUT2D eigenvalue weighted by Gasteiger charge is -2.27. The molecule has 2 unspecified atom stereocenters. The number of rotatable bonds is 1. The van der Waals surface area contributed by atoms with Crippen LogP contribution in [0.5, 0.6) is 0 Å². The van der Waals surface area contributed by atoms with E-state index in [1.165, 1.54) is 0 Å². The van der Waals surface area contributed by atoms with Crippen molar-refractivity contribution in [3.05, 3.63) is 24.3 Å². The molecular formula is C11H12N2O2. The summed E-state index contributed by atoms with van der Waals surface area (Å²) in [5.74, 6) is 0.0455. The molecule has 4 nitrogen and oxygen atoms in total. The molecule has 2 fully saturated rings. The minimum absolute atomic E-state index is 0.0455. The Kier molecular flexibility index (Phi) is 1.73. The molecule has 2 aliphatic rings.